The highest BCUT2D eigenvalue weighted by Crippen LogP contribution is 2.24. The SMILES string of the molecule is N#Cc1nc(-c2ccccc2)c2ccccn12. The molecule has 0 N–H and O–H groups in total. The molecule has 0 saturated heterocycles. The van der Waals surface area contributed by atoms with Crippen molar-refractivity contribution in [3.05, 3.63) is 60.6 Å². The van der Waals surface area contributed by atoms with Gasteiger partial charge in [-0.3, -0.25) is 4.40 Å². The molecule has 3 heteroatoms. The lowest BCUT2D eigenvalue weighted by molar-refractivity contribution is 1.10. The molecule has 0 atom stereocenters. The Morgan fingerprint density at radius 3 is 2.53 bits per heavy atom. The van der Waals surface area contributed by atoms with E-state index in [2.05, 4.69) is 11.1 Å². The van der Waals surface area contributed by atoms with Crippen molar-refractivity contribution in [2.75, 3.05) is 0 Å². The Morgan fingerprint density at radius 1 is 1.00 bits per heavy atom. The first-order chi connectivity index (χ1) is 8.40. The fraction of sp³-hybridized carbons (Fsp3) is 0. The molecule has 0 fully saturated rings. The number of pyridine rings is 1. The number of hydrogen-bond donors (Lipinski definition) is 0. The summed E-state index contributed by atoms with van der Waals surface area (Å²) >= 11 is 0. The van der Waals surface area contributed by atoms with Crippen molar-refractivity contribution in [3.8, 4) is 17.3 Å². The minimum absolute atomic E-state index is 0.416. The van der Waals surface area contributed by atoms with Gasteiger partial charge in [-0.25, -0.2) is 4.98 Å². The standard InChI is InChI=1S/C14H9N3/c15-10-13-16-14(11-6-2-1-3-7-11)12-8-4-5-9-17(12)13/h1-9H. The molecule has 0 unspecified atom stereocenters. The second-order valence-electron chi connectivity index (χ2n) is 3.72. The van der Waals surface area contributed by atoms with Gasteiger partial charge < -0.3 is 0 Å². The van der Waals surface area contributed by atoms with Crippen LogP contribution in [0.2, 0.25) is 0 Å². The topological polar surface area (TPSA) is 41.1 Å². The third-order valence-corrected chi connectivity index (χ3v) is 2.70. The minimum atomic E-state index is 0.416. The van der Waals surface area contributed by atoms with E-state index in [1.807, 2.05) is 59.1 Å². The first kappa shape index (κ1) is 9.61. The summed E-state index contributed by atoms with van der Waals surface area (Å²) in [6.07, 6.45) is 1.85. The maximum Gasteiger partial charge on any atom is 0.217 e. The molecule has 0 aliphatic carbocycles. The predicted octanol–water partition coefficient (Wildman–Crippen LogP) is 2.87. The molecule has 3 aromatic rings. The van der Waals surface area contributed by atoms with Crippen molar-refractivity contribution in [1.82, 2.24) is 9.38 Å². The van der Waals surface area contributed by atoms with Crippen LogP contribution >= 0.6 is 0 Å². The third-order valence-electron chi connectivity index (χ3n) is 2.70. The van der Waals surface area contributed by atoms with Gasteiger partial charge in [0.05, 0.1) is 11.2 Å². The second-order valence-corrected chi connectivity index (χ2v) is 3.72. The summed E-state index contributed by atoms with van der Waals surface area (Å²) in [6, 6.07) is 17.8. The van der Waals surface area contributed by atoms with Crippen LogP contribution in [0.4, 0.5) is 0 Å². The molecule has 0 aliphatic heterocycles. The number of fused-ring (bicyclic) bond motifs is 1. The quantitative estimate of drug-likeness (QED) is 0.631. The highest BCUT2D eigenvalue weighted by Gasteiger charge is 2.10. The monoisotopic (exact) mass is 219 g/mol. The molecule has 0 saturated carbocycles. The average molecular weight is 219 g/mol. The van der Waals surface area contributed by atoms with Gasteiger partial charge in [-0.2, -0.15) is 5.26 Å². The number of nitrogens with zero attached hydrogens (tertiary/aromatic N) is 3. The van der Waals surface area contributed by atoms with E-state index >= 15 is 0 Å². The molecule has 17 heavy (non-hydrogen) atoms. The van der Waals surface area contributed by atoms with E-state index in [9.17, 15) is 0 Å². The fourth-order valence-corrected chi connectivity index (χ4v) is 1.93. The molecule has 3 nitrogen and oxygen atoms in total. The van der Waals surface area contributed by atoms with Crippen LogP contribution in [0.25, 0.3) is 16.8 Å². The van der Waals surface area contributed by atoms with Crippen molar-refractivity contribution in [2.45, 2.75) is 0 Å². The summed E-state index contributed by atoms with van der Waals surface area (Å²) in [5.41, 5.74) is 2.83. The number of hydrogen-bond acceptors (Lipinski definition) is 2. The highest BCUT2D eigenvalue weighted by atomic mass is 15.0. The average Bonchev–Trinajstić information content (AvgIpc) is 2.78. The number of rotatable bonds is 1. The van der Waals surface area contributed by atoms with Gasteiger partial charge in [0.2, 0.25) is 5.82 Å². The maximum absolute atomic E-state index is 9.06. The molecule has 0 bridgehead atoms. The zero-order valence-corrected chi connectivity index (χ0v) is 9.04. The summed E-state index contributed by atoms with van der Waals surface area (Å²) in [7, 11) is 0. The van der Waals surface area contributed by atoms with Gasteiger partial charge in [0.15, 0.2) is 0 Å². The lowest BCUT2D eigenvalue weighted by Gasteiger charge is -1.97. The molecule has 1 aromatic carbocycles. The molecule has 0 radical (unpaired) electrons. The van der Waals surface area contributed by atoms with E-state index < -0.39 is 0 Å². The third kappa shape index (κ3) is 1.47. The van der Waals surface area contributed by atoms with Crippen LogP contribution in [0.5, 0.6) is 0 Å². The number of benzene rings is 1. The van der Waals surface area contributed by atoms with Gasteiger partial charge in [-0.1, -0.05) is 36.4 Å². The van der Waals surface area contributed by atoms with Crippen LogP contribution in [-0.4, -0.2) is 9.38 Å². The van der Waals surface area contributed by atoms with Crippen LogP contribution in [0, 0.1) is 11.3 Å². The largest absolute Gasteiger partial charge is 0.291 e. The van der Waals surface area contributed by atoms with Crippen molar-refractivity contribution in [2.24, 2.45) is 0 Å². The van der Waals surface area contributed by atoms with E-state index in [4.69, 9.17) is 5.26 Å². The Hall–Kier alpha value is -2.60. The zero-order valence-electron chi connectivity index (χ0n) is 9.04. The summed E-state index contributed by atoms with van der Waals surface area (Å²) in [5.74, 6) is 0.416. The lowest BCUT2D eigenvalue weighted by Crippen LogP contribution is -1.86. The Bertz CT molecular complexity index is 705. The first-order valence-corrected chi connectivity index (χ1v) is 5.33. The summed E-state index contributed by atoms with van der Waals surface area (Å²) in [6.45, 7) is 0. The van der Waals surface area contributed by atoms with Crippen LogP contribution in [0.15, 0.2) is 54.7 Å². The summed E-state index contributed by atoms with van der Waals surface area (Å²) in [5, 5.41) is 9.06. The van der Waals surface area contributed by atoms with Crippen LogP contribution in [0.3, 0.4) is 0 Å². The van der Waals surface area contributed by atoms with Gasteiger partial charge in [-0.15, -0.1) is 0 Å². The predicted molar refractivity (Wildman–Crippen MR) is 65.3 cm³/mol. The normalized spacial score (nSPS) is 10.3. The molecular weight excluding hydrogens is 210 g/mol. The molecule has 80 valence electrons. The number of imidazole rings is 1. The first-order valence-electron chi connectivity index (χ1n) is 5.33. The molecule has 0 aliphatic rings. The number of aromatic nitrogens is 2. The van der Waals surface area contributed by atoms with Gasteiger partial charge in [-0.05, 0) is 12.1 Å². The highest BCUT2D eigenvalue weighted by molar-refractivity contribution is 5.78. The molecule has 0 amide bonds. The van der Waals surface area contributed by atoms with Crippen LogP contribution in [0.1, 0.15) is 5.82 Å². The van der Waals surface area contributed by atoms with Gasteiger partial charge in [0.25, 0.3) is 0 Å². The summed E-state index contributed by atoms with van der Waals surface area (Å²) < 4.78 is 1.81. The van der Waals surface area contributed by atoms with Gasteiger partial charge in [0.1, 0.15) is 6.07 Å². The van der Waals surface area contributed by atoms with E-state index in [1.165, 1.54) is 0 Å². The Labute approximate surface area is 98.6 Å². The molecule has 0 spiro atoms. The Morgan fingerprint density at radius 2 is 1.76 bits per heavy atom. The molecule has 2 heterocycles. The fourth-order valence-electron chi connectivity index (χ4n) is 1.93. The van der Waals surface area contributed by atoms with E-state index in [0.717, 1.165) is 16.8 Å². The van der Waals surface area contributed by atoms with Crippen molar-refractivity contribution >= 4 is 5.52 Å². The van der Waals surface area contributed by atoms with Crippen molar-refractivity contribution in [3.63, 3.8) is 0 Å². The number of nitriles is 1. The van der Waals surface area contributed by atoms with Crippen LogP contribution in [-0.2, 0) is 0 Å². The molecular formula is C14H9N3. The minimum Gasteiger partial charge on any atom is -0.291 e. The zero-order chi connectivity index (χ0) is 11.7. The maximum atomic E-state index is 9.06. The van der Waals surface area contributed by atoms with E-state index in [1.54, 1.807) is 0 Å². The van der Waals surface area contributed by atoms with Gasteiger partial charge in [0, 0.05) is 11.8 Å². The Balaban J connectivity index is 2.35. The van der Waals surface area contributed by atoms with Crippen LogP contribution < -0.4 is 0 Å². The smallest absolute Gasteiger partial charge is 0.217 e. The van der Waals surface area contributed by atoms with Crippen molar-refractivity contribution in [1.29, 1.82) is 5.26 Å². The van der Waals surface area contributed by atoms with Crippen molar-refractivity contribution < 1.29 is 0 Å². The second kappa shape index (κ2) is 3.76. The lowest BCUT2D eigenvalue weighted by atomic mass is 10.1. The van der Waals surface area contributed by atoms with Gasteiger partial charge >= 0.3 is 0 Å². The molecule has 2 aromatic heterocycles. The summed E-state index contributed by atoms with van der Waals surface area (Å²) in [4.78, 5) is 4.38. The Kier molecular flexibility index (Phi) is 2.13. The van der Waals surface area contributed by atoms with E-state index in [-0.39, 0.29) is 0 Å². The van der Waals surface area contributed by atoms with E-state index in [0.29, 0.717) is 5.82 Å². The molecule has 3 rings (SSSR count).